The number of carbonyl (C=O) groups is 1. The van der Waals surface area contributed by atoms with Gasteiger partial charge in [0.1, 0.15) is 24.0 Å². The van der Waals surface area contributed by atoms with Crippen molar-refractivity contribution in [1.29, 1.82) is 0 Å². The molecule has 0 bridgehead atoms. The molecule has 0 spiro atoms. The van der Waals surface area contributed by atoms with E-state index < -0.39 is 0 Å². The molecule has 8 heteroatoms. The third-order valence-electron chi connectivity index (χ3n) is 6.00. The molecule has 0 unspecified atom stereocenters. The van der Waals surface area contributed by atoms with Crippen molar-refractivity contribution in [3.63, 3.8) is 0 Å². The average Bonchev–Trinajstić information content (AvgIpc) is 3.51. The molecular weight excluding hydrogens is 423 g/mol. The number of rotatable bonds is 7. The number of aromatic nitrogens is 4. The summed E-state index contributed by atoms with van der Waals surface area (Å²) in [6.07, 6.45) is 2.24. The Morgan fingerprint density at radius 3 is 2.88 bits per heavy atom. The highest BCUT2D eigenvalue weighted by Crippen LogP contribution is 2.30. The van der Waals surface area contributed by atoms with Crippen LogP contribution in [0.4, 0.5) is 4.39 Å². The van der Waals surface area contributed by atoms with Crippen molar-refractivity contribution in [2.45, 2.75) is 45.9 Å². The molecule has 0 fully saturated rings. The van der Waals surface area contributed by atoms with Gasteiger partial charge in [-0.05, 0) is 49.2 Å². The van der Waals surface area contributed by atoms with E-state index >= 15 is 0 Å². The molecular formula is C25H25FN4O3. The highest BCUT2D eigenvalue weighted by molar-refractivity contribution is 5.77. The van der Waals surface area contributed by atoms with E-state index in [1.807, 2.05) is 25.1 Å². The molecule has 33 heavy (non-hydrogen) atoms. The maximum Gasteiger partial charge on any atom is 0.312 e. The van der Waals surface area contributed by atoms with Crippen molar-refractivity contribution < 1.29 is 18.7 Å². The Balaban J connectivity index is 1.28. The number of nitrogens with zero attached hydrogens (tertiary/aromatic N) is 4. The molecule has 0 radical (unpaired) electrons. The first kappa shape index (κ1) is 21.2. The van der Waals surface area contributed by atoms with Crippen LogP contribution in [0.2, 0.25) is 0 Å². The number of esters is 1. The molecule has 1 aliphatic rings. The summed E-state index contributed by atoms with van der Waals surface area (Å²) in [5.74, 6) is 0.799. The molecule has 0 atom stereocenters. The third-order valence-corrected chi connectivity index (χ3v) is 6.00. The molecule has 0 saturated heterocycles. The van der Waals surface area contributed by atoms with Crippen LogP contribution in [0.1, 0.15) is 30.4 Å². The zero-order valence-electron chi connectivity index (χ0n) is 18.7. The predicted molar refractivity (Wildman–Crippen MR) is 121 cm³/mol. The lowest BCUT2D eigenvalue weighted by Crippen LogP contribution is -2.12. The van der Waals surface area contributed by atoms with Crippen molar-refractivity contribution in [1.82, 2.24) is 19.3 Å². The maximum atomic E-state index is 13.6. The molecule has 0 N–H and O–H groups in total. The van der Waals surface area contributed by atoms with E-state index in [4.69, 9.17) is 14.5 Å². The molecule has 3 heterocycles. The van der Waals surface area contributed by atoms with Crippen molar-refractivity contribution in [2.75, 3.05) is 7.11 Å². The van der Waals surface area contributed by atoms with Gasteiger partial charge in [-0.1, -0.05) is 6.07 Å². The topological polar surface area (TPSA) is 71.2 Å². The summed E-state index contributed by atoms with van der Waals surface area (Å²) in [6, 6.07) is 12.2. The number of aryl methyl sites for hydroxylation is 3. The first-order valence-corrected chi connectivity index (χ1v) is 11.1. The molecule has 7 nitrogen and oxygen atoms in total. The lowest BCUT2D eigenvalue weighted by Gasteiger charge is -2.07. The van der Waals surface area contributed by atoms with Gasteiger partial charge >= 0.3 is 5.97 Å². The molecule has 5 rings (SSSR count). The Hall–Kier alpha value is -3.68. The highest BCUT2D eigenvalue weighted by atomic mass is 19.1. The number of imidazole rings is 1. The molecule has 0 saturated carbocycles. The van der Waals surface area contributed by atoms with Gasteiger partial charge in [-0.2, -0.15) is 5.10 Å². The standard InChI is InChI=1S/C25H25FN4O3/c1-3-30-18(13-20(28-30)19-8-7-17(26)12-23(19)32-2)14-25(31)33-15-16-6-9-22-21(11-16)27-24-5-4-10-29(22)24/h6-9,11-13H,3-5,10,14-15H2,1-2H3. The Morgan fingerprint density at radius 2 is 2.06 bits per heavy atom. The van der Waals surface area contributed by atoms with E-state index in [1.165, 1.54) is 19.2 Å². The van der Waals surface area contributed by atoms with Gasteiger partial charge in [0, 0.05) is 31.1 Å². The molecule has 1 aliphatic heterocycles. The number of hydrogen-bond acceptors (Lipinski definition) is 5. The Labute approximate surface area is 190 Å². The Kier molecular flexibility index (Phi) is 5.58. The SMILES string of the molecule is CCn1nc(-c2ccc(F)cc2OC)cc1CC(=O)OCc1ccc2c(c1)nc1n2CCC1. The minimum atomic E-state index is -0.382. The number of hydrogen-bond donors (Lipinski definition) is 0. The van der Waals surface area contributed by atoms with Crippen LogP contribution in [0.25, 0.3) is 22.3 Å². The fourth-order valence-corrected chi connectivity index (χ4v) is 4.39. The first-order valence-electron chi connectivity index (χ1n) is 11.1. The maximum absolute atomic E-state index is 13.6. The summed E-state index contributed by atoms with van der Waals surface area (Å²) in [4.78, 5) is 17.3. The van der Waals surface area contributed by atoms with Crippen molar-refractivity contribution in [2.24, 2.45) is 0 Å². The molecule has 170 valence electrons. The first-order chi connectivity index (χ1) is 16.1. The number of methoxy groups -OCH3 is 1. The summed E-state index contributed by atoms with van der Waals surface area (Å²) in [5.41, 5.74) is 5.00. The second-order valence-corrected chi connectivity index (χ2v) is 8.13. The van der Waals surface area contributed by atoms with Gasteiger partial charge in [0.05, 0.1) is 36.0 Å². The second-order valence-electron chi connectivity index (χ2n) is 8.13. The largest absolute Gasteiger partial charge is 0.496 e. The highest BCUT2D eigenvalue weighted by Gasteiger charge is 2.18. The molecule has 4 aromatic rings. The van der Waals surface area contributed by atoms with Gasteiger partial charge in [0.25, 0.3) is 0 Å². The number of ether oxygens (including phenoxy) is 2. The number of halogens is 1. The fraction of sp³-hybridized carbons (Fsp3) is 0.320. The van der Waals surface area contributed by atoms with Crippen LogP contribution in [0.5, 0.6) is 5.75 Å². The van der Waals surface area contributed by atoms with Crippen LogP contribution in [0, 0.1) is 5.82 Å². The van der Waals surface area contributed by atoms with Crippen molar-refractivity contribution in [3.05, 3.63) is 65.4 Å². The quantitative estimate of drug-likeness (QED) is 0.394. The second kappa shape index (κ2) is 8.69. The monoisotopic (exact) mass is 448 g/mol. The van der Waals surface area contributed by atoms with Crippen LogP contribution in [0.15, 0.2) is 42.5 Å². The van der Waals surface area contributed by atoms with Crippen molar-refractivity contribution >= 4 is 17.0 Å². The van der Waals surface area contributed by atoms with Gasteiger partial charge in [-0.25, -0.2) is 9.37 Å². The minimum Gasteiger partial charge on any atom is -0.496 e. The average molecular weight is 448 g/mol. The third kappa shape index (κ3) is 4.08. The van der Waals surface area contributed by atoms with E-state index in [0.29, 0.717) is 23.6 Å². The van der Waals surface area contributed by atoms with Crippen LogP contribution in [-0.2, 0) is 42.1 Å². The van der Waals surface area contributed by atoms with Gasteiger partial charge in [0.2, 0.25) is 0 Å². The normalized spacial score (nSPS) is 12.8. The van der Waals surface area contributed by atoms with Crippen molar-refractivity contribution in [3.8, 4) is 17.0 Å². The summed E-state index contributed by atoms with van der Waals surface area (Å²) in [6.45, 7) is 3.74. The van der Waals surface area contributed by atoms with Gasteiger partial charge in [0.15, 0.2) is 0 Å². The lowest BCUT2D eigenvalue weighted by molar-refractivity contribution is -0.144. The van der Waals surface area contributed by atoms with E-state index in [2.05, 4.69) is 15.7 Å². The molecule has 2 aromatic heterocycles. The number of carbonyl (C=O) groups excluding carboxylic acids is 1. The van der Waals surface area contributed by atoms with Gasteiger partial charge < -0.3 is 14.0 Å². The fourth-order valence-electron chi connectivity index (χ4n) is 4.39. The molecule has 0 amide bonds. The van der Waals surface area contributed by atoms with Crippen LogP contribution in [-0.4, -0.2) is 32.4 Å². The summed E-state index contributed by atoms with van der Waals surface area (Å²) in [7, 11) is 1.49. The van der Waals surface area contributed by atoms with Crippen LogP contribution in [0.3, 0.4) is 0 Å². The zero-order valence-corrected chi connectivity index (χ0v) is 18.7. The number of fused-ring (bicyclic) bond motifs is 3. The Bertz CT molecular complexity index is 1340. The Morgan fingerprint density at radius 1 is 1.18 bits per heavy atom. The summed E-state index contributed by atoms with van der Waals surface area (Å²) in [5, 5.41) is 4.56. The van der Waals surface area contributed by atoms with Gasteiger partial charge in [-0.3, -0.25) is 9.48 Å². The van der Waals surface area contributed by atoms with E-state index in [9.17, 15) is 9.18 Å². The zero-order chi connectivity index (χ0) is 22.9. The summed E-state index contributed by atoms with van der Waals surface area (Å²) >= 11 is 0. The van der Waals surface area contributed by atoms with Crippen LogP contribution >= 0.6 is 0 Å². The number of benzene rings is 2. The lowest BCUT2D eigenvalue weighted by atomic mass is 10.1. The van der Waals surface area contributed by atoms with E-state index in [-0.39, 0.29) is 24.8 Å². The summed E-state index contributed by atoms with van der Waals surface area (Å²) < 4.78 is 28.4. The minimum absolute atomic E-state index is 0.0887. The van der Waals surface area contributed by atoms with Gasteiger partial charge in [-0.15, -0.1) is 0 Å². The molecule has 0 aliphatic carbocycles. The van der Waals surface area contributed by atoms with E-state index in [1.54, 1.807) is 10.7 Å². The smallest absolute Gasteiger partial charge is 0.312 e. The molecule has 2 aromatic carbocycles. The van der Waals surface area contributed by atoms with Crippen LogP contribution < -0.4 is 4.74 Å². The predicted octanol–water partition coefficient (Wildman–Crippen LogP) is 4.30. The van der Waals surface area contributed by atoms with E-state index in [0.717, 1.165) is 47.5 Å².